The van der Waals surface area contributed by atoms with Gasteiger partial charge in [-0.1, -0.05) is 18.2 Å². The lowest BCUT2D eigenvalue weighted by atomic mass is 10.3. The Hall–Kier alpha value is -1.40. The van der Waals surface area contributed by atoms with Crippen LogP contribution < -0.4 is 4.72 Å². The van der Waals surface area contributed by atoms with Gasteiger partial charge in [0.25, 0.3) is 0 Å². The molecule has 5 nitrogen and oxygen atoms in total. The molecule has 0 radical (unpaired) electrons. The zero-order valence-corrected chi connectivity index (χ0v) is 10.3. The molecule has 1 aliphatic rings. The second-order valence-corrected chi connectivity index (χ2v) is 5.82. The second-order valence-electron chi connectivity index (χ2n) is 4.11. The third-order valence-electron chi connectivity index (χ3n) is 2.72. The Balaban J connectivity index is 2.12. The fourth-order valence-corrected chi connectivity index (χ4v) is 3.08. The number of benzene rings is 1. The molecule has 1 aromatic carbocycles. The molecule has 1 fully saturated rings. The summed E-state index contributed by atoms with van der Waals surface area (Å²) < 4.78 is 26.5. The van der Waals surface area contributed by atoms with Gasteiger partial charge in [-0.2, -0.15) is 0 Å². The molecular weight excluding hydrogens is 240 g/mol. The molecule has 0 aliphatic carbocycles. The quantitative estimate of drug-likeness (QED) is 0.837. The molecule has 2 rings (SSSR count). The van der Waals surface area contributed by atoms with E-state index in [9.17, 15) is 13.2 Å². The van der Waals surface area contributed by atoms with Gasteiger partial charge in [0.1, 0.15) is 0 Å². The van der Waals surface area contributed by atoms with Gasteiger partial charge in [0.05, 0.1) is 4.90 Å². The van der Waals surface area contributed by atoms with Gasteiger partial charge in [-0.15, -0.1) is 0 Å². The number of hydrogen-bond acceptors (Lipinski definition) is 3. The molecule has 1 aliphatic heterocycles. The minimum absolute atomic E-state index is 0.0363. The minimum atomic E-state index is -3.52. The van der Waals surface area contributed by atoms with Crippen LogP contribution in [-0.4, -0.2) is 38.9 Å². The zero-order chi connectivity index (χ0) is 12.5. The standard InChI is InChI=1S/C11H14N2O3S/c1-13-8-9(7-11(13)14)12-17(15,16)10-5-3-2-4-6-10/h2-6,9,12H,7-8H2,1H3. The zero-order valence-electron chi connectivity index (χ0n) is 9.46. The summed E-state index contributed by atoms with van der Waals surface area (Å²) in [7, 11) is -1.85. The average molecular weight is 254 g/mol. The molecular formula is C11H14N2O3S. The molecule has 6 heteroatoms. The van der Waals surface area contributed by atoms with E-state index in [2.05, 4.69) is 4.72 Å². The van der Waals surface area contributed by atoms with Crippen molar-refractivity contribution in [2.24, 2.45) is 0 Å². The van der Waals surface area contributed by atoms with Gasteiger partial charge in [0, 0.05) is 26.1 Å². The van der Waals surface area contributed by atoms with Crippen molar-refractivity contribution in [2.75, 3.05) is 13.6 Å². The topological polar surface area (TPSA) is 66.5 Å². The highest BCUT2D eigenvalue weighted by Gasteiger charge is 2.30. The van der Waals surface area contributed by atoms with E-state index >= 15 is 0 Å². The van der Waals surface area contributed by atoms with E-state index in [4.69, 9.17) is 0 Å². The third-order valence-corrected chi connectivity index (χ3v) is 4.25. The lowest BCUT2D eigenvalue weighted by Gasteiger charge is -2.12. The Morgan fingerprint density at radius 3 is 2.47 bits per heavy atom. The smallest absolute Gasteiger partial charge is 0.240 e. The summed E-state index contributed by atoms with van der Waals surface area (Å²) in [5, 5.41) is 0. The molecule has 1 saturated heterocycles. The molecule has 1 amide bonds. The Morgan fingerprint density at radius 2 is 1.94 bits per heavy atom. The summed E-state index contributed by atoms with van der Waals surface area (Å²) >= 11 is 0. The largest absolute Gasteiger partial charge is 0.344 e. The fourth-order valence-electron chi connectivity index (χ4n) is 1.83. The predicted octanol–water partition coefficient (Wildman–Crippen LogP) is 0.196. The number of carbonyl (C=O) groups is 1. The van der Waals surface area contributed by atoms with E-state index in [0.717, 1.165) is 0 Å². The monoisotopic (exact) mass is 254 g/mol. The molecule has 1 atom stereocenters. The number of nitrogens with one attached hydrogen (secondary N) is 1. The van der Waals surface area contributed by atoms with E-state index < -0.39 is 10.0 Å². The van der Waals surface area contributed by atoms with Crippen LogP contribution in [0.2, 0.25) is 0 Å². The highest BCUT2D eigenvalue weighted by atomic mass is 32.2. The SMILES string of the molecule is CN1CC(NS(=O)(=O)c2ccccc2)CC1=O. The molecule has 0 saturated carbocycles. The van der Waals surface area contributed by atoms with Crippen molar-refractivity contribution < 1.29 is 13.2 Å². The van der Waals surface area contributed by atoms with Crippen molar-refractivity contribution in [3.05, 3.63) is 30.3 Å². The predicted molar refractivity (Wildman–Crippen MR) is 62.8 cm³/mol. The Morgan fingerprint density at radius 1 is 1.29 bits per heavy atom. The van der Waals surface area contributed by atoms with Crippen LogP contribution in [0.3, 0.4) is 0 Å². The maximum Gasteiger partial charge on any atom is 0.240 e. The van der Waals surface area contributed by atoms with Crippen LogP contribution >= 0.6 is 0 Å². The van der Waals surface area contributed by atoms with Crippen molar-refractivity contribution in [2.45, 2.75) is 17.4 Å². The average Bonchev–Trinajstić information content (AvgIpc) is 2.58. The van der Waals surface area contributed by atoms with Gasteiger partial charge in [0.15, 0.2) is 0 Å². The number of rotatable bonds is 3. The third kappa shape index (κ3) is 2.65. The summed E-state index contributed by atoms with van der Waals surface area (Å²) in [6.45, 7) is 0.422. The summed E-state index contributed by atoms with van der Waals surface area (Å²) in [5.74, 6) is -0.0363. The molecule has 17 heavy (non-hydrogen) atoms. The van der Waals surface area contributed by atoms with E-state index in [1.807, 2.05) is 0 Å². The van der Waals surface area contributed by atoms with Gasteiger partial charge in [0.2, 0.25) is 15.9 Å². The number of likely N-dealkylation sites (N-methyl/N-ethyl adjacent to an activating group) is 1. The van der Waals surface area contributed by atoms with Crippen LogP contribution in [0.25, 0.3) is 0 Å². The number of carbonyl (C=O) groups excluding carboxylic acids is 1. The van der Waals surface area contributed by atoms with Crippen LogP contribution in [0.5, 0.6) is 0 Å². The van der Waals surface area contributed by atoms with Gasteiger partial charge >= 0.3 is 0 Å². The first-order chi connectivity index (χ1) is 7.99. The minimum Gasteiger partial charge on any atom is -0.344 e. The Labute approximate surface area is 100 Å². The highest BCUT2D eigenvalue weighted by molar-refractivity contribution is 7.89. The summed E-state index contributed by atoms with van der Waals surface area (Å²) in [4.78, 5) is 13.0. The first kappa shape index (κ1) is 12.1. The molecule has 0 spiro atoms. The van der Waals surface area contributed by atoms with E-state index in [0.29, 0.717) is 6.54 Å². The van der Waals surface area contributed by atoms with Crippen molar-refractivity contribution in [1.82, 2.24) is 9.62 Å². The second kappa shape index (κ2) is 4.46. The molecule has 1 heterocycles. The highest BCUT2D eigenvalue weighted by Crippen LogP contribution is 2.13. The van der Waals surface area contributed by atoms with Crippen LogP contribution in [0.4, 0.5) is 0 Å². The molecule has 1 N–H and O–H groups in total. The number of sulfonamides is 1. The van der Waals surface area contributed by atoms with Crippen molar-refractivity contribution in [3.8, 4) is 0 Å². The first-order valence-electron chi connectivity index (χ1n) is 5.30. The number of nitrogens with zero attached hydrogens (tertiary/aromatic N) is 1. The van der Waals surface area contributed by atoms with E-state index in [1.165, 1.54) is 17.0 Å². The molecule has 1 unspecified atom stereocenters. The normalized spacial score (nSPS) is 20.9. The van der Waals surface area contributed by atoms with Gasteiger partial charge < -0.3 is 4.90 Å². The van der Waals surface area contributed by atoms with Crippen molar-refractivity contribution >= 4 is 15.9 Å². The summed E-state index contributed by atoms with van der Waals surface area (Å²) in [5.41, 5.74) is 0. The van der Waals surface area contributed by atoms with Crippen molar-refractivity contribution in [3.63, 3.8) is 0 Å². The van der Waals surface area contributed by atoms with Crippen LogP contribution in [0.15, 0.2) is 35.2 Å². The number of hydrogen-bond donors (Lipinski definition) is 1. The molecule has 0 aromatic heterocycles. The molecule has 1 aromatic rings. The van der Waals surface area contributed by atoms with E-state index in [-0.39, 0.29) is 23.3 Å². The summed E-state index contributed by atoms with van der Waals surface area (Å²) in [6.07, 6.45) is 0.225. The first-order valence-corrected chi connectivity index (χ1v) is 6.79. The fraction of sp³-hybridized carbons (Fsp3) is 0.364. The van der Waals surface area contributed by atoms with Crippen LogP contribution in [0.1, 0.15) is 6.42 Å². The lowest BCUT2D eigenvalue weighted by molar-refractivity contribution is -0.126. The van der Waals surface area contributed by atoms with E-state index in [1.54, 1.807) is 25.2 Å². The lowest BCUT2D eigenvalue weighted by Crippen LogP contribution is -2.36. The van der Waals surface area contributed by atoms with Crippen LogP contribution in [-0.2, 0) is 14.8 Å². The van der Waals surface area contributed by atoms with Crippen molar-refractivity contribution in [1.29, 1.82) is 0 Å². The maximum absolute atomic E-state index is 12.0. The number of likely N-dealkylation sites (tertiary alicyclic amines) is 1. The molecule has 92 valence electrons. The Kier molecular flexibility index (Phi) is 3.17. The van der Waals surface area contributed by atoms with Gasteiger partial charge in [-0.05, 0) is 12.1 Å². The summed E-state index contributed by atoms with van der Waals surface area (Å²) in [6, 6.07) is 7.82. The molecule has 0 bridgehead atoms. The van der Waals surface area contributed by atoms with Gasteiger partial charge in [-0.25, -0.2) is 13.1 Å². The van der Waals surface area contributed by atoms with Gasteiger partial charge in [-0.3, -0.25) is 4.79 Å². The maximum atomic E-state index is 12.0. The Bertz CT molecular complexity index is 513. The number of amides is 1. The van der Waals surface area contributed by atoms with Crippen LogP contribution in [0, 0.1) is 0 Å².